The maximum Gasteiger partial charge on any atom is 0.233 e. The van der Waals surface area contributed by atoms with Crippen LogP contribution in [0.5, 0.6) is 5.75 Å². The van der Waals surface area contributed by atoms with Crippen LogP contribution in [-0.2, 0) is 14.3 Å². The summed E-state index contributed by atoms with van der Waals surface area (Å²) in [5.41, 5.74) is 4.83. The number of benzene rings is 1. The molecule has 1 aromatic carbocycles. The van der Waals surface area contributed by atoms with Gasteiger partial charge in [-0.15, -0.1) is 0 Å². The molecule has 1 aliphatic carbocycles. The van der Waals surface area contributed by atoms with E-state index in [0.29, 0.717) is 38.0 Å². The monoisotopic (exact) mass is 504 g/mol. The summed E-state index contributed by atoms with van der Waals surface area (Å²) in [4.78, 5) is 32.3. The fraction of sp³-hybridized carbons (Fsp3) is 0.433. The molecule has 3 aliphatic rings. The molecule has 2 aliphatic heterocycles. The normalized spacial score (nSPS) is 25.6. The van der Waals surface area contributed by atoms with E-state index >= 15 is 0 Å². The molecule has 1 N–H and O–H groups in total. The Balaban J connectivity index is 1.41. The van der Waals surface area contributed by atoms with Gasteiger partial charge in [-0.1, -0.05) is 31.6 Å². The van der Waals surface area contributed by atoms with Gasteiger partial charge in [0.2, 0.25) is 11.8 Å². The number of likely N-dealkylation sites (tertiary alicyclic amines) is 1. The number of phenols is 1. The van der Waals surface area contributed by atoms with Crippen molar-refractivity contribution < 1.29 is 23.8 Å². The Morgan fingerprint density at radius 2 is 2.03 bits per heavy atom. The summed E-state index contributed by atoms with van der Waals surface area (Å²) < 4.78 is 20.3. The zero-order valence-electron chi connectivity index (χ0n) is 21.3. The molecule has 194 valence electrons. The Kier molecular flexibility index (Phi) is 7.24. The van der Waals surface area contributed by atoms with Crippen molar-refractivity contribution in [2.45, 2.75) is 52.1 Å². The number of fused-ring (bicyclic) bond motifs is 3. The standard InChI is InChI=1S/C30H33FN2O4/c1-3-13-33-29(35)21-16-19(4-2)27-22(28(21)30(33)36)17-37-26(27)11-9-20(24-7-5-6-12-32-24)14-18-8-10-25(34)23(31)15-18/h5-8,10,12,14-15,21-22,26,28,34H,3-4,9,11,13,16-17H2,1-2H3/b20-14-/t21-,22+,26-,28-/m1/s1. The first kappa shape index (κ1) is 25.3. The minimum Gasteiger partial charge on any atom is -0.505 e. The molecule has 2 saturated heterocycles. The van der Waals surface area contributed by atoms with E-state index in [0.717, 1.165) is 24.1 Å². The van der Waals surface area contributed by atoms with Crippen LogP contribution in [0.2, 0.25) is 0 Å². The third kappa shape index (κ3) is 4.73. The van der Waals surface area contributed by atoms with Crippen LogP contribution in [0, 0.1) is 23.6 Å². The average Bonchev–Trinajstić information content (AvgIpc) is 3.43. The smallest absolute Gasteiger partial charge is 0.233 e. The van der Waals surface area contributed by atoms with Crippen molar-refractivity contribution in [2.24, 2.45) is 17.8 Å². The molecular formula is C30H33FN2O4. The van der Waals surface area contributed by atoms with E-state index in [1.54, 1.807) is 12.3 Å². The number of imide groups is 1. The molecule has 2 fully saturated rings. The molecule has 0 radical (unpaired) electrons. The topological polar surface area (TPSA) is 79.7 Å². The number of amides is 2. The maximum absolute atomic E-state index is 14.0. The Bertz CT molecular complexity index is 1260. The number of rotatable bonds is 8. The van der Waals surface area contributed by atoms with Crippen LogP contribution in [0.15, 0.2) is 53.7 Å². The van der Waals surface area contributed by atoms with Gasteiger partial charge < -0.3 is 9.84 Å². The van der Waals surface area contributed by atoms with E-state index < -0.39 is 5.82 Å². The van der Waals surface area contributed by atoms with E-state index in [4.69, 9.17) is 4.74 Å². The van der Waals surface area contributed by atoms with Gasteiger partial charge in [-0.3, -0.25) is 19.5 Å². The molecule has 2 amide bonds. The van der Waals surface area contributed by atoms with E-state index in [9.17, 15) is 19.1 Å². The number of carbonyl (C=O) groups is 2. The summed E-state index contributed by atoms with van der Waals surface area (Å²) >= 11 is 0. The van der Waals surface area contributed by atoms with Crippen LogP contribution in [0.4, 0.5) is 4.39 Å². The van der Waals surface area contributed by atoms with Gasteiger partial charge in [-0.05, 0) is 79.2 Å². The van der Waals surface area contributed by atoms with Gasteiger partial charge in [0.25, 0.3) is 0 Å². The second-order valence-electron chi connectivity index (χ2n) is 10.1. The van der Waals surface area contributed by atoms with Crippen LogP contribution in [0.1, 0.15) is 57.2 Å². The number of halogens is 1. The summed E-state index contributed by atoms with van der Waals surface area (Å²) in [6.45, 7) is 5.03. The molecule has 0 bridgehead atoms. The fourth-order valence-electron chi connectivity index (χ4n) is 6.25. The SMILES string of the molecule is CCCN1C(=O)[C@@H]2[C@@H](CC(CC)=C3[C@@H](CC/C(=C/c4ccc(O)c(F)c4)c4ccccn4)OC[C@@H]32)C1=O. The Morgan fingerprint density at radius 1 is 1.19 bits per heavy atom. The molecule has 6 nitrogen and oxygen atoms in total. The lowest BCUT2D eigenvalue weighted by Crippen LogP contribution is -2.34. The molecule has 4 atom stereocenters. The van der Waals surface area contributed by atoms with Crippen molar-refractivity contribution in [3.63, 3.8) is 0 Å². The zero-order valence-corrected chi connectivity index (χ0v) is 21.3. The van der Waals surface area contributed by atoms with Crippen LogP contribution in [0.3, 0.4) is 0 Å². The first-order chi connectivity index (χ1) is 17.9. The largest absolute Gasteiger partial charge is 0.505 e. The number of allylic oxidation sites excluding steroid dienone is 2. The van der Waals surface area contributed by atoms with E-state index in [1.807, 2.05) is 31.2 Å². The fourth-order valence-corrected chi connectivity index (χ4v) is 6.25. The predicted octanol–water partition coefficient (Wildman–Crippen LogP) is 5.38. The van der Waals surface area contributed by atoms with Gasteiger partial charge in [0.05, 0.1) is 30.2 Å². The lowest BCUT2D eigenvalue weighted by Gasteiger charge is -2.31. The summed E-state index contributed by atoms with van der Waals surface area (Å²) in [7, 11) is 0. The summed E-state index contributed by atoms with van der Waals surface area (Å²) in [6.07, 6.45) is 7.05. The van der Waals surface area contributed by atoms with Crippen LogP contribution < -0.4 is 0 Å². The summed E-state index contributed by atoms with van der Waals surface area (Å²) in [6, 6.07) is 10.0. The molecule has 0 spiro atoms. The van der Waals surface area contributed by atoms with Crippen molar-refractivity contribution in [1.29, 1.82) is 0 Å². The highest BCUT2D eigenvalue weighted by atomic mass is 19.1. The van der Waals surface area contributed by atoms with Crippen molar-refractivity contribution in [2.75, 3.05) is 13.2 Å². The van der Waals surface area contributed by atoms with Crippen LogP contribution in [0.25, 0.3) is 11.6 Å². The third-order valence-electron chi connectivity index (χ3n) is 7.96. The minimum absolute atomic E-state index is 0.0215. The van der Waals surface area contributed by atoms with Gasteiger partial charge in [0.15, 0.2) is 11.6 Å². The highest BCUT2D eigenvalue weighted by Gasteiger charge is 2.56. The molecule has 0 unspecified atom stereocenters. The van der Waals surface area contributed by atoms with Crippen LogP contribution >= 0.6 is 0 Å². The molecule has 1 aromatic heterocycles. The van der Waals surface area contributed by atoms with Gasteiger partial charge in [-0.2, -0.15) is 0 Å². The third-order valence-corrected chi connectivity index (χ3v) is 7.96. The van der Waals surface area contributed by atoms with E-state index in [-0.39, 0.29) is 41.4 Å². The second kappa shape index (κ2) is 10.6. The molecule has 5 rings (SSSR count). The van der Waals surface area contributed by atoms with Crippen molar-refractivity contribution >= 4 is 23.5 Å². The Hall–Kier alpha value is -3.32. The molecule has 0 saturated carbocycles. The van der Waals surface area contributed by atoms with Crippen molar-refractivity contribution in [3.8, 4) is 5.75 Å². The van der Waals surface area contributed by atoms with Crippen molar-refractivity contribution in [3.05, 3.63) is 70.8 Å². The summed E-state index contributed by atoms with van der Waals surface area (Å²) in [5.74, 6) is -1.74. The minimum atomic E-state index is -0.668. The molecule has 3 heterocycles. The molecule has 7 heteroatoms. The first-order valence-electron chi connectivity index (χ1n) is 13.2. The average molecular weight is 505 g/mol. The number of nitrogens with zero attached hydrogens (tertiary/aromatic N) is 2. The van der Waals surface area contributed by atoms with E-state index in [2.05, 4.69) is 11.9 Å². The molecule has 2 aromatic rings. The lowest BCUT2D eigenvalue weighted by molar-refractivity contribution is -0.140. The maximum atomic E-state index is 14.0. The number of ether oxygens (including phenoxy) is 1. The first-order valence-corrected chi connectivity index (χ1v) is 13.2. The van der Waals surface area contributed by atoms with Crippen molar-refractivity contribution in [1.82, 2.24) is 9.88 Å². The number of hydrogen-bond acceptors (Lipinski definition) is 5. The quantitative estimate of drug-likeness (QED) is 0.386. The zero-order chi connectivity index (χ0) is 26.1. The Morgan fingerprint density at radius 3 is 2.73 bits per heavy atom. The Labute approximate surface area is 216 Å². The second-order valence-corrected chi connectivity index (χ2v) is 10.1. The van der Waals surface area contributed by atoms with Gasteiger partial charge in [-0.25, -0.2) is 4.39 Å². The highest BCUT2D eigenvalue weighted by Crippen LogP contribution is 2.50. The predicted molar refractivity (Wildman–Crippen MR) is 139 cm³/mol. The highest BCUT2D eigenvalue weighted by molar-refractivity contribution is 6.06. The van der Waals surface area contributed by atoms with Crippen LogP contribution in [-0.4, -0.2) is 46.1 Å². The van der Waals surface area contributed by atoms with Gasteiger partial charge in [0.1, 0.15) is 0 Å². The molecular weight excluding hydrogens is 471 g/mol. The number of pyridine rings is 1. The van der Waals surface area contributed by atoms with Gasteiger partial charge in [0, 0.05) is 18.7 Å². The number of aromatic nitrogens is 1. The van der Waals surface area contributed by atoms with Gasteiger partial charge >= 0.3 is 0 Å². The number of phenolic OH excluding ortho intramolecular Hbond substituents is 1. The number of aromatic hydroxyl groups is 1. The summed E-state index contributed by atoms with van der Waals surface area (Å²) in [5, 5.41) is 9.57. The van der Waals surface area contributed by atoms with E-state index in [1.165, 1.54) is 28.2 Å². The lowest BCUT2D eigenvalue weighted by atomic mass is 9.69. The molecule has 37 heavy (non-hydrogen) atoms. The number of carbonyl (C=O) groups excluding carboxylic acids is 2. The number of hydrogen-bond donors (Lipinski definition) is 1.